The Morgan fingerprint density at radius 3 is 2.41 bits per heavy atom. The average molecular weight is 231 g/mol. The van der Waals surface area contributed by atoms with Crippen LogP contribution in [0.15, 0.2) is 24.3 Å². The largest absolute Gasteiger partial charge is 0.324 e. The summed E-state index contributed by atoms with van der Waals surface area (Å²) in [4.78, 5) is 0. The minimum absolute atomic E-state index is 0.145. The van der Waals surface area contributed by atoms with Gasteiger partial charge in [-0.25, -0.2) is 0 Å². The molecular weight excluding hydrogens is 206 g/mol. The van der Waals surface area contributed by atoms with Crippen molar-refractivity contribution < 1.29 is 0 Å². The molecule has 94 valence electrons. The lowest BCUT2D eigenvalue weighted by atomic mass is 9.70. The Hall–Kier alpha value is -0.820. The summed E-state index contributed by atoms with van der Waals surface area (Å²) in [5, 5.41) is 0. The van der Waals surface area contributed by atoms with Crippen molar-refractivity contribution >= 4 is 0 Å². The van der Waals surface area contributed by atoms with Gasteiger partial charge in [0.2, 0.25) is 0 Å². The van der Waals surface area contributed by atoms with Gasteiger partial charge in [-0.2, -0.15) is 0 Å². The maximum Gasteiger partial charge on any atom is 0.0266 e. The van der Waals surface area contributed by atoms with E-state index in [0.717, 1.165) is 5.92 Å². The summed E-state index contributed by atoms with van der Waals surface area (Å²) in [6, 6.07) is 9.10. The summed E-state index contributed by atoms with van der Waals surface area (Å²) in [5.41, 5.74) is 9.14. The maximum absolute atomic E-state index is 5.89. The zero-order chi connectivity index (χ0) is 12.5. The second kappa shape index (κ2) is 4.81. The van der Waals surface area contributed by atoms with Gasteiger partial charge in [0, 0.05) is 6.04 Å². The number of benzene rings is 1. The van der Waals surface area contributed by atoms with Gasteiger partial charge in [0.15, 0.2) is 0 Å². The van der Waals surface area contributed by atoms with Gasteiger partial charge in [-0.1, -0.05) is 44.5 Å². The summed E-state index contributed by atoms with van der Waals surface area (Å²) < 4.78 is 0. The van der Waals surface area contributed by atoms with Crippen molar-refractivity contribution in [1.29, 1.82) is 0 Å². The van der Waals surface area contributed by atoms with Crippen molar-refractivity contribution in [3.63, 3.8) is 0 Å². The van der Waals surface area contributed by atoms with Crippen LogP contribution >= 0.6 is 0 Å². The van der Waals surface area contributed by atoms with Crippen molar-refractivity contribution in [3.05, 3.63) is 35.4 Å². The summed E-state index contributed by atoms with van der Waals surface area (Å²) >= 11 is 0. The van der Waals surface area contributed by atoms with Gasteiger partial charge in [-0.05, 0) is 48.6 Å². The monoisotopic (exact) mass is 231 g/mol. The normalized spacial score (nSPS) is 25.5. The SMILES string of the molecule is CC(N)c1ccc(C2CCCC(C)(C)C2)cc1. The highest BCUT2D eigenvalue weighted by atomic mass is 14.6. The van der Waals surface area contributed by atoms with Crippen LogP contribution in [0, 0.1) is 5.41 Å². The summed E-state index contributed by atoms with van der Waals surface area (Å²) in [6.07, 6.45) is 5.42. The lowest BCUT2D eigenvalue weighted by Crippen LogP contribution is -2.21. The highest BCUT2D eigenvalue weighted by Crippen LogP contribution is 2.43. The Kier molecular flexibility index (Phi) is 3.58. The molecule has 2 atom stereocenters. The number of hydrogen-bond donors (Lipinski definition) is 1. The van der Waals surface area contributed by atoms with Gasteiger partial charge in [-0.3, -0.25) is 0 Å². The van der Waals surface area contributed by atoms with E-state index < -0.39 is 0 Å². The van der Waals surface area contributed by atoms with Crippen LogP contribution < -0.4 is 5.73 Å². The Morgan fingerprint density at radius 1 is 1.24 bits per heavy atom. The van der Waals surface area contributed by atoms with E-state index in [4.69, 9.17) is 5.73 Å². The molecule has 0 aromatic heterocycles. The predicted molar refractivity (Wildman–Crippen MR) is 74.0 cm³/mol. The van der Waals surface area contributed by atoms with E-state index in [1.54, 1.807) is 0 Å². The minimum atomic E-state index is 0.145. The van der Waals surface area contributed by atoms with Crippen molar-refractivity contribution in [3.8, 4) is 0 Å². The van der Waals surface area contributed by atoms with Crippen molar-refractivity contribution in [2.24, 2.45) is 11.1 Å². The molecule has 0 amide bonds. The van der Waals surface area contributed by atoms with E-state index in [9.17, 15) is 0 Å². The van der Waals surface area contributed by atoms with E-state index in [0.29, 0.717) is 5.41 Å². The van der Waals surface area contributed by atoms with E-state index in [-0.39, 0.29) is 6.04 Å². The molecule has 1 aliphatic rings. The number of rotatable bonds is 2. The maximum atomic E-state index is 5.89. The van der Waals surface area contributed by atoms with Crippen LogP contribution in [0.3, 0.4) is 0 Å². The molecule has 1 heteroatoms. The van der Waals surface area contributed by atoms with Crippen LogP contribution in [0.1, 0.15) is 69.5 Å². The minimum Gasteiger partial charge on any atom is -0.324 e. The van der Waals surface area contributed by atoms with Crippen LogP contribution in [-0.4, -0.2) is 0 Å². The highest BCUT2D eigenvalue weighted by molar-refractivity contribution is 5.27. The first kappa shape index (κ1) is 12.6. The molecule has 0 heterocycles. The molecule has 0 radical (unpaired) electrons. The first-order chi connectivity index (χ1) is 7.98. The quantitative estimate of drug-likeness (QED) is 0.802. The first-order valence-corrected chi connectivity index (χ1v) is 6.83. The molecule has 1 aromatic rings. The third-order valence-corrected chi connectivity index (χ3v) is 4.14. The summed E-state index contributed by atoms with van der Waals surface area (Å²) in [5.74, 6) is 0.751. The lowest BCUT2D eigenvalue weighted by Gasteiger charge is -2.35. The summed E-state index contributed by atoms with van der Waals surface area (Å²) in [6.45, 7) is 6.84. The van der Waals surface area contributed by atoms with Crippen molar-refractivity contribution in [2.45, 2.75) is 58.4 Å². The fourth-order valence-corrected chi connectivity index (χ4v) is 3.05. The van der Waals surface area contributed by atoms with Crippen molar-refractivity contribution in [1.82, 2.24) is 0 Å². The van der Waals surface area contributed by atoms with Gasteiger partial charge < -0.3 is 5.73 Å². The van der Waals surface area contributed by atoms with Gasteiger partial charge >= 0.3 is 0 Å². The second-order valence-corrected chi connectivity index (χ2v) is 6.41. The molecule has 2 unspecified atom stereocenters. The third-order valence-electron chi connectivity index (χ3n) is 4.14. The predicted octanol–water partition coefficient (Wildman–Crippen LogP) is 4.39. The molecule has 0 bridgehead atoms. The Bertz CT molecular complexity index is 362. The molecule has 1 saturated carbocycles. The van der Waals surface area contributed by atoms with Crippen LogP contribution in [0.2, 0.25) is 0 Å². The van der Waals surface area contributed by atoms with E-state index in [2.05, 4.69) is 38.1 Å². The Labute approximate surface area is 105 Å². The molecule has 0 saturated heterocycles. The second-order valence-electron chi connectivity index (χ2n) is 6.41. The standard InChI is InChI=1S/C16H25N/c1-12(17)13-6-8-14(9-7-13)15-5-4-10-16(2,3)11-15/h6-9,12,15H,4-5,10-11,17H2,1-3H3. The Morgan fingerprint density at radius 2 is 1.88 bits per heavy atom. The lowest BCUT2D eigenvalue weighted by molar-refractivity contribution is 0.219. The molecule has 1 fully saturated rings. The van der Waals surface area contributed by atoms with Crippen LogP contribution in [0.5, 0.6) is 0 Å². The summed E-state index contributed by atoms with van der Waals surface area (Å²) in [7, 11) is 0. The molecule has 17 heavy (non-hydrogen) atoms. The molecule has 1 aliphatic carbocycles. The van der Waals surface area contributed by atoms with E-state index >= 15 is 0 Å². The average Bonchev–Trinajstić information content (AvgIpc) is 2.28. The van der Waals surface area contributed by atoms with E-state index in [1.165, 1.54) is 36.8 Å². The molecule has 1 aromatic carbocycles. The Balaban J connectivity index is 2.12. The molecule has 2 N–H and O–H groups in total. The van der Waals surface area contributed by atoms with Crippen LogP contribution in [0.4, 0.5) is 0 Å². The first-order valence-electron chi connectivity index (χ1n) is 6.83. The van der Waals surface area contributed by atoms with Crippen LogP contribution in [0.25, 0.3) is 0 Å². The molecule has 0 spiro atoms. The molecule has 1 nitrogen and oxygen atoms in total. The molecular formula is C16H25N. The third kappa shape index (κ3) is 3.10. The fourth-order valence-electron chi connectivity index (χ4n) is 3.05. The van der Waals surface area contributed by atoms with Crippen LogP contribution in [-0.2, 0) is 0 Å². The molecule has 2 rings (SSSR count). The molecule has 0 aliphatic heterocycles. The number of nitrogens with two attached hydrogens (primary N) is 1. The highest BCUT2D eigenvalue weighted by Gasteiger charge is 2.28. The fraction of sp³-hybridized carbons (Fsp3) is 0.625. The zero-order valence-electron chi connectivity index (χ0n) is 11.4. The van der Waals surface area contributed by atoms with E-state index in [1.807, 2.05) is 6.92 Å². The van der Waals surface area contributed by atoms with Gasteiger partial charge in [0.05, 0.1) is 0 Å². The smallest absolute Gasteiger partial charge is 0.0266 e. The van der Waals surface area contributed by atoms with Crippen molar-refractivity contribution in [2.75, 3.05) is 0 Å². The topological polar surface area (TPSA) is 26.0 Å². The van der Waals surface area contributed by atoms with Gasteiger partial charge in [-0.15, -0.1) is 0 Å². The number of hydrogen-bond acceptors (Lipinski definition) is 1. The van der Waals surface area contributed by atoms with Gasteiger partial charge in [0.25, 0.3) is 0 Å². The zero-order valence-corrected chi connectivity index (χ0v) is 11.4. The van der Waals surface area contributed by atoms with Gasteiger partial charge in [0.1, 0.15) is 0 Å².